The molecule has 4 unspecified atom stereocenters. The van der Waals surface area contributed by atoms with Crippen LogP contribution in [0.15, 0.2) is 0 Å². The Kier molecular flexibility index (Phi) is 6.07. The summed E-state index contributed by atoms with van der Waals surface area (Å²) in [6.07, 6.45) is 6.38. The predicted octanol–water partition coefficient (Wildman–Crippen LogP) is 1.20. The van der Waals surface area contributed by atoms with Crippen LogP contribution in [0.25, 0.3) is 0 Å². The Labute approximate surface area is 118 Å². The molecule has 1 aliphatic heterocycles. The normalized spacial score (nSPS) is 35.8. The van der Waals surface area contributed by atoms with Crippen molar-refractivity contribution in [3.8, 4) is 0 Å². The summed E-state index contributed by atoms with van der Waals surface area (Å²) in [5.74, 6) is 0.544. The third-order valence-corrected chi connectivity index (χ3v) is 5.09. The van der Waals surface area contributed by atoms with Crippen molar-refractivity contribution >= 4 is 0 Å². The van der Waals surface area contributed by atoms with Gasteiger partial charge in [0.1, 0.15) is 0 Å². The largest absolute Gasteiger partial charge is 0.381 e. The van der Waals surface area contributed by atoms with Gasteiger partial charge in [0, 0.05) is 51.3 Å². The molecule has 1 saturated heterocycles. The van der Waals surface area contributed by atoms with Crippen molar-refractivity contribution in [2.24, 2.45) is 11.7 Å². The Morgan fingerprint density at radius 1 is 1.21 bits per heavy atom. The molecule has 0 amide bonds. The van der Waals surface area contributed by atoms with Crippen molar-refractivity contribution < 1.29 is 4.74 Å². The lowest BCUT2D eigenvalue weighted by Gasteiger charge is -2.34. The van der Waals surface area contributed by atoms with Gasteiger partial charge >= 0.3 is 0 Å². The van der Waals surface area contributed by atoms with Crippen LogP contribution in [0.5, 0.6) is 0 Å². The topological polar surface area (TPSA) is 50.5 Å². The fourth-order valence-corrected chi connectivity index (χ4v) is 3.78. The minimum Gasteiger partial charge on any atom is -0.381 e. The highest BCUT2D eigenvalue weighted by Crippen LogP contribution is 2.30. The van der Waals surface area contributed by atoms with E-state index in [4.69, 9.17) is 10.5 Å². The van der Waals surface area contributed by atoms with Crippen molar-refractivity contribution in [2.45, 2.75) is 57.2 Å². The number of piperazine rings is 1. The highest BCUT2D eigenvalue weighted by molar-refractivity contribution is 4.88. The second-order valence-electron chi connectivity index (χ2n) is 6.10. The average molecular weight is 269 g/mol. The molecular weight excluding hydrogens is 238 g/mol. The maximum absolute atomic E-state index is 6.30. The third kappa shape index (κ3) is 3.91. The van der Waals surface area contributed by atoms with E-state index in [-0.39, 0.29) is 0 Å². The number of nitrogens with zero attached hydrogens (tertiary/aromatic N) is 1. The van der Waals surface area contributed by atoms with E-state index in [2.05, 4.69) is 17.1 Å². The van der Waals surface area contributed by atoms with Crippen molar-refractivity contribution in [2.75, 3.05) is 33.3 Å². The van der Waals surface area contributed by atoms with Crippen LogP contribution < -0.4 is 11.1 Å². The number of nitrogens with one attached hydrogen (secondary N) is 1. The van der Waals surface area contributed by atoms with Crippen LogP contribution in [0.3, 0.4) is 0 Å². The maximum atomic E-state index is 6.30. The number of hydrogen-bond acceptors (Lipinski definition) is 4. The third-order valence-electron chi connectivity index (χ3n) is 5.09. The van der Waals surface area contributed by atoms with E-state index in [1.54, 1.807) is 0 Å². The van der Waals surface area contributed by atoms with E-state index in [9.17, 15) is 0 Å². The summed E-state index contributed by atoms with van der Waals surface area (Å²) in [4.78, 5) is 2.67. The van der Waals surface area contributed by atoms with E-state index >= 15 is 0 Å². The van der Waals surface area contributed by atoms with Gasteiger partial charge < -0.3 is 15.8 Å². The molecule has 0 spiro atoms. The van der Waals surface area contributed by atoms with Gasteiger partial charge in [-0.05, 0) is 32.1 Å². The maximum Gasteiger partial charge on any atom is 0.0614 e. The standard InChI is InChI=1S/C15H31N3O/c1-3-14(16)13-6-4-12(5-7-15(13)19-2)18-10-8-17-9-11-18/h12-15,17H,3-11,16H2,1-2H3. The van der Waals surface area contributed by atoms with Gasteiger partial charge in [-0.25, -0.2) is 0 Å². The summed E-state index contributed by atoms with van der Waals surface area (Å²) in [5.41, 5.74) is 6.30. The van der Waals surface area contributed by atoms with Crippen LogP contribution >= 0.6 is 0 Å². The van der Waals surface area contributed by atoms with Crippen LogP contribution in [0, 0.1) is 5.92 Å². The predicted molar refractivity (Wildman–Crippen MR) is 79.3 cm³/mol. The molecule has 4 nitrogen and oxygen atoms in total. The molecule has 0 aromatic rings. The summed E-state index contributed by atoms with van der Waals surface area (Å²) < 4.78 is 5.73. The first-order valence-electron chi connectivity index (χ1n) is 7.99. The van der Waals surface area contributed by atoms with Gasteiger partial charge in [-0.1, -0.05) is 6.92 Å². The van der Waals surface area contributed by atoms with Gasteiger partial charge in [0.25, 0.3) is 0 Å². The number of nitrogens with two attached hydrogens (primary N) is 1. The molecule has 4 atom stereocenters. The number of rotatable bonds is 4. The Morgan fingerprint density at radius 3 is 2.53 bits per heavy atom. The van der Waals surface area contributed by atoms with Gasteiger partial charge in [0.15, 0.2) is 0 Å². The minimum absolute atomic E-state index is 0.298. The fraction of sp³-hybridized carbons (Fsp3) is 1.00. The van der Waals surface area contributed by atoms with Gasteiger partial charge in [0.05, 0.1) is 6.10 Å². The zero-order valence-electron chi connectivity index (χ0n) is 12.6. The minimum atomic E-state index is 0.298. The summed E-state index contributed by atoms with van der Waals surface area (Å²) >= 11 is 0. The van der Waals surface area contributed by atoms with Crippen LogP contribution in [0.4, 0.5) is 0 Å². The average Bonchev–Trinajstić information content (AvgIpc) is 2.69. The van der Waals surface area contributed by atoms with Crippen molar-refractivity contribution in [3.05, 3.63) is 0 Å². The lowest BCUT2D eigenvalue weighted by Crippen LogP contribution is -2.48. The van der Waals surface area contributed by atoms with E-state index in [1.165, 1.54) is 38.8 Å². The van der Waals surface area contributed by atoms with E-state index < -0.39 is 0 Å². The number of hydrogen-bond donors (Lipinski definition) is 2. The van der Waals surface area contributed by atoms with Crippen molar-refractivity contribution in [1.82, 2.24) is 10.2 Å². The summed E-state index contributed by atoms with van der Waals surface area (Å²) in [5, 5.41) is 3.44. The molecular formula is C15H31N3O. The van der Waals surface area contributed by atoms with E-state index in [0.717, 1.165) is 25.6 Å². The summed E-state index contributed by atoms with van der Waals surface area (Å²) in [6, 6.07) is 1.04. The molecule has 0 aromatic carbocycles. The first-order valence-corrected chi connectivity index (χ1v) is 7.99. The lowest BCUT2D eigenvalue weighted by molar-refractivity contribution is 0.0354. The SMILES string of the molecule is CCC(N)C1CCC(N2CCNCC2)CCC1OC. The van der Waals surface area contributed by atoms with E-state index in [0.29, 0.717) is 18.1 Å². The zero-order valence-corrected chi connectivity index (χ0v) is 12.6. The highest BCUT2D eigenvalue weighted by atomic mass is 16.5. The quantitative estimate of drug-likeness (QED) is 0.753. The van der Waals surface area contributed by atoms with E-state index in [1.807, 2.05) is 7.11 Å². The molecule has 0 radical (unpaired) electrons. The molecule has 3 N–H and O–H groups in total. The van der Waals surface area contributed by atoms with Gasteiger partial charge in [-0.15, -0.1) is 0 Å². The molecule has 19 heavy (non-hydrogen) atoms. The Bertz CT molecular complexity index is 256. The van der Waals surface area contributed by atoms with Crippen LogP contribution in [-0.2, 0) is 4.74 Å². The summed E-state index contributed by atoms with van der Waals surface area (Å²) in [7, 11) is 1.85. The number of ether oxygens (including phenoxy) is 1. The highest BCUT2D eigenvalue weighted by Gasteiger charge is 2.32. The van der Waals surface area contributed by atoms with Gasteiger partial charge in [-0.3, -0.25) is 4.90 Å². The molecule has 2 rings (SSSR count). The molecule has 2 fully saturated rings. The first-order chi connectivity index (χ1) is 9.26. The Morgan fingerprint density at radius 2 is 1.89 bits per heavy atom. The zero-order chi connectivity index (χ0) is 13.7. The second kappa shape index (κ2) is 7.58. The molecule has 1 heterocycles. The molecule has 0 aromatic heterocycles. The summed E-state index contributed by atoms with van der Waals surface area (Å²) in [6.45, 7) is 6.87. The van der Waals surface area contributed by atoms with Crippen molar-refractivity contribution in [1.29, 1.82) is 0 Å². The van der Waals surface area contributed by atoms with Gasteiger partial charge in [-0.2, -0.15) is 0 Å². The first kappa shape index (κ1) is 15.2. The Balaban J connectivity index is 1.94. The number of methoxy groups -OCH3 is 1. The van der Waals surface area contributed by atoms with Crippen LogP contribution in [0.1, 0.15) is 39.0 Å². The molecule has 0 bridgehead atoms. The van der Waals surface area contributed by atoms with Crippen LogP contribution in [0.2, 0.25) is 0 Å². The van der Waals surface area contributed by atoms with Crippen molar-refractivity contribution in [3.63, 3.8) is 0 Å². The Hall–Kier alpha value is -0.160. The lowest BCUT2D eigenvalue weighted by atomic mass is 9.88. The van der Waals surface area contributed by atoms with Crippen LogP contribution in [-0.4, -0.2) is 56.4 Å². The molecule has 112 valence electrons. The smallest absolute Gasteiger partial charge is 0.0614 e. The monoisotopic (exact) mass is 269 g/mol. The second-order valence-corrected chi connectivity index (χ2v) is 6.10. The fourth-order valence-electron chi connectivity index (χ4n) is 3.78. The molecule has 4 heteroatoms. The van der Waals surface area contributed by atoms with Gasteiger partial charge in [0.2, 0.25) is 0 Å². The molecule has 2 aliphatic rings. The molecule has 1 saturated carbocycles. The molecule has 1 aliphatic carbocycles.